The van der Waals surface area contributed by atoms with Crippen LogP contribution >= 0.6 is 15.9 Å². The van der Waals surface area contributed by atoms with Crippen molar-refractivity contribution in [2.24, 2.45) is 0 Å². The lowest BCUT2D eigenvalue weighted by molar-refractivity contribution is -0.116. The van der Waals surface area contributed by atoms with Gasteiger partial charge in [0.2, 0.25) is 5.91 Å². The molecule has 0 unspecified atom stereocenters. The van der Waals surface area contributed by atoms with Crippen LogP contribution in [0.25, 0.3) is 0 Å². The van der Waals surface area contributed by atoms with Crippen molar-refractivity contribution in [2.75, 3.05) is 17.7 Å². The average molecular weight is 347 g/mol. The van der Waals surface area contributed by atoms with Crippen LogP contribution in [-0.2, 0) is 4.79 Å². The average Bonchev–Trinajstić information content (AvgIpc) is 2.65. The number of nitrogens with one attached hydrogen (secondary N) is 2. The van der Waals surface area contributed by atoms with Crippen LogP contribution in [0, 0.1) is 0 Å². The van der Waals surface area contributed by atoms with Crippen LogP contribution in [0.5, 0.6) is 5.75 Å². The van der Waals surface area contributed by atoms with E-state index in [0.717, 1.165) is 27.2 Å². The lowest BCUT2D eigenvalue weighted by atomic mass is 10.0. The van der Waals surface area contributed by atoms with Crippen molar-refractivity contribution in [1.82, 2.24) is 0 Å². The van der Waals surface area contributed by atoms with Crippen LogP contribution in [0.3, 0.4) is 0 Å². The lowest BCUT2D eigenvalue weighted by Gasteiger charge is -2.20. The SMILES string of the molecule is COc1ccc(Br)cc1[C@H]1CC(=O)Nc2ccccc2N1. The number of fused-ring (bicyclic) bond motifs is 1. The Hall–Kier alpha value is -2.01. The van der Waals surface area contributed by atoms with E-state index >= 15 is 0 Å². The van der Waals surface area contributed by atoms with Gasteiger partial charge in [-0.1, -0.05) is 28.1 Å². The first-order valence-electron chi connectivity index (χ1n) is 6.66. The molecule has 1 amide bonds. The number of methoxy groups -OCH3 is 1. The van der Waals surface area contributed by atoms with Gasteiger partial charge in [-0.3, -0.25) is 4.79 Å². The predicted molar refractivity (Wildman–Crippen MR) is 86.7 cm³/mol. The minimum Gasteiger partial charge on any atom is -0.496 e. The van der Waals surface area contributed by atoms with Gasteiger partial charge in [0, 0.05) is 10.0 Å². The molecule has 2 aromatic rings. The Kier molecular flexibility index (Phi) is 3.84. The number of carbonyl (C=O) groups is 1. The highest BCUT2D eigenvalue weighted by Crippen LogP contribution is 2.36. The highest BCUT2D eigenvalue weighted by molar-refractivity contribution is 9.10. The molecule has 0 saturated heterocycles. The normalized spacial score (nSPS) is 17.2. The van der Waals surface area contributed by atoms with E-state index in [0.29, 0.717) is 6.42 Å². The molecular weight excluding hydrogens is 332 g/mol. The monoisotopic (exact) mass is 346 g/mol. The predicted octanol–water partition coefficient (Wildman–Crippen LogP) is 3.95. The first kappa shape index (κ1) is 13.9. The number of para-hydroxylation sites is 2. The molecule has 0 radical (unpaired) electrons. The summed E-state index contributed by atoms with van der Waals surface area (Å²) in [7, 11) is 1.64. The third-order valence-corrected chi connectivity index (χ3v) is 3.98. The van der Waals surface area contributed by atoms with Gasteiger partial charge < -0.3 is 15.4 Å². The number of ether oxygens (including phenoxy) is 1. The Morgan fingerprint density at radius 1 is 1.19 bits per heavy atom. The summed E-state index contributed by atoms with van der Waals surface area (Å²) >= 11 is 3.47. The molecule has 2 aromatic carbocycles. The second kappa shape index (κ2) is 5.77. The zero-order valence-corrected chi connectivity index (χ0v) is 13.1. The molecule has 0 saturated carbocycles. The Balaban J connectivity index is 2.03. The van der Waals surface area contributed by atoms with E-state index < -0.39 is 0 Å². The molecule has 1 heterocycles. The molecule has 1 aliphatic rings. The molecule has 4 nitrogen and oxygen atoms in total. The summed E-state index contributed by atoms with van der Waals surface area (Å²) in [4.78, 5) is 12.1. The minimum atomic E-state index is -0.138. The van der Waals surface area contributed by atoms with Crippen molar-refractivity contribution in [3.8, 4) is 5.75 Å². The van der Waals surface area contributed by atoms with E-state index in [-0.39, 0.29) is 11.9 Å². The van der Waals surface area contributed by atoms with Crippen molar-refractivity contribution >= 4 is 33.2 Å². The summed E-state index contributed by atoms with van der Waals surface area (Å²) in [6.45, 7) is 0. The number of halogens is 1. The highest BCUT2D eigenvalue weighted by Gasteiger charge is 2.24. The van der Waals surface area contributed by atoms with Gasteiger partial charge >= 0.3 is 0 Å². The summed E-state index contributed by atoms with van der Waals surface area (Å²) < 4.78 is 6.38. The zero-order chi connectivity index (χ0) is 14.8. The van der Waals surface area contributed by atoms with Gasteiger partial charge in [0.15, 0.2) is 0 Å². The molecule has 0 spiro atoms. The maximum Gasteiger partial charge on any atom is 0.226 e. The first-order chi connectivity index (χ1) is 10.2. The molecular formula is C16H15BrN2O2. The van der Waals surface area contributed by atoms with Crippen LogP contribution in [0.15, 0.2) is 46.9 Å². The topological polar surface area (TPSA) is 50.4 Å². The summed E-state index contributed by atoms with van der Waals surface area (Å²) in [6, 6.07) is 13.4. The van der Waals surface area contributed by atoms with Crippen molar-refractivity contribution in [3.05, 3.63) is 52.5 Å². The minimum absolute atomic E-state index is 0.0144. The van der Waals surface area contributed by atoms with E-state index in [9.17, 15) is 4.79 Å². The Labute approximate surface area is 131 Å². The molecule has 108 valence electrons. The lowest BCUT2D eigenvalue weighted by Crippen LogP contribution is -2.16. The van der Waals surface area contributed by atoms with Crippen molar-refractivity contribution in [3.63, 3.8) is 0 Å². The summed E-state index contributed by atoms with van der Waals surface area (Å²) in [5.74, 6) is 0.752. The van der Waals surface area contributed by atoms with E-state index in [1.807, 2.05) is 42.5 Å². The number of benzene rings is 2. The Morgan fingerprint density at radius 2 is 1.95 bits per heavy atom. The second-order valence-electron chi connectivity index (χ2n) is 4.88. The number of amides is 1. The molecule has 0 aliphatic carbocycles. The highest BCUT2D eigenvalue weighted by atomic mass is 79.9. The number of carbonyl (C=O) groups excluding carboxylic acids is 1. The number of anilines is 2. The van der Waals surface area contributed by atoms with Crippen LogP contribution in [-0.4, -0.2) is 13.0 Å². The third-order valence-electron chi connectivity index (χ3n) is 3.49. The maximum atomic E-state index is 12.1. The molecule has 0 aromatic heterocycles. The molecule has 3 rings (SSSR count). The van der Waals surface area contributed by atoms with Crippen LogP contribution in [0.4, 0.5) is 11.4 Å². The fourth-order valence-electron chi connectivity index (χ4n) is 2.51. The fourth-order valence-corrected chi connectivity index (χ4v) is 2.89. The van der Waals surface area contributed by atoms with Crippen LogP contribution < -0.4 is 15.4 Å². The van der Waals surface area contributed by atoms with Gasteiger partial charge in [0.05, 0.1) is 30.9 Å². The summed E-state index contributed by atoms with van der Waals surface area (Å²) in [6.07, 6.45) is 0.349. The molecule has 21 heavy (non-hydrogen) atoms. The first-order valence-corrected chi connectivity index (χ1v) is 7.45. The van der Waals surface area contributed by atoms with E-state index in [1.165, 1.54) is 0 Å². The molecule has 5 heteroatoms. The number of hydrogen-bond donors (Lipinski definition) is 2. The molecule has 1 aliphatic heterocycles. The molecule has 0 bridgehead atoms. The van der Waals surface area contributed by atoms with Crippen molar-refractivity contribution in [2.45, 2.75) is 12.5 Å². The maximum absolute atomic E-state index is 12.1. The smallest absolute Gasteiger partial charge is 0.226 e. The van der Waals surface area contributed by atoms with Gasteiger partial charge in [-0.05, 0) is 30.3 Å². The summed E-state index contributed by atoms with van der Waals surface area (Å²) in [5.41, 5.74) is 2.67. The Morgan fingerprint density at radius 3 is 2.71 bits per heavy atom. The zero-order valence-electron chi connectivity index (χ0n) is 11.5. The number of hydrogen-bond acceptors (Lipinski definition) is 3. The van der Waals surface area contributed by atoms with Crippen LogP contribution in [0.1, 0.15) is 18.0 Å². The van der Waals surface area contributed by atoms with Crippen LogP contribution in [0.2, 0.25) is 0 Å². The standard InChI is InChI=1S/C16H15BrN2O2/c1-21-15-7-6-10(17)8-11(15)14-9-16(20)19-13-5-3-2-4-12(13)18-14/h2-8,14,18H,9H2,1H3,(H,19,20)/t14-/m1/s1. The van der Waals surface area contributed by atoms with Gasteiger partial charge in [-0.15, -0.1) is 0 Å². The van der Waals surface area contributed by atoms with Crippen molar-refractivity contribution in [1.29, 1.82) is 0 Å². The van der Waals surface area contributed by atoms with Gasteiger partial charge in [-0.2, -0.15) is 0 Å². The van der Waals surface area contributed by atoms with E-state index in [2.05, 4.69) is 26.6 Å². The molecule has 2 N–H and O–H groups in total. The quantitative estimate of drug-likeness (QED) is 0.865. The Bertz CT molecular complexity index is 688. The van der Waals surface area contributed by atoms with Gasteiger partial charge in [0.25, 0.3) is 0 Å². The van der Waals surface area contributed by atoms with Crippen molar-refractivity contribution < 1.29 is 9.53 Å². The van der Waals surface area contributed by atoms with E-state index in [4.69, 9.17) is 4.74 Å². The number of rotatable bonds is 2. The molecule has 0 fully saturated rings. The largest absolute Gasteiger partial charge is 0.496 e. The second-order valence-corrected chi connectivity index (χ2v) is 5.80. The van der Waals surface area contributed by atoms with Gasteiger partial charge in [-0.25, -0.2) is 0 Å². The summed E-state index contributed by atoms with van der Waals surface area (Å²) in [5, 5.41) is 6.34. The fraction of sp³-hybridized carbons (Fsp3) is 0.188. The molecule has 1 atom stereocenters. The third kappa shape index (κ3) is 2.88. The van der Waals surface area contributed by atoms with E-state index in [1.54, 1.807) is 7.11 Å². The van der Waals surface area contributed by atoms with Gasteiger partial charge in [0.1, 0.15) is 5.75 Å².